The number of carbonyl (C=O) groups is 3. The van der Waals surface area contributed by atoms with E-state index in [1.165, 1.54) is 12.3 Å². The fraction of sp³-hybridized carbons (Fsp3) is 0.273. The molecule has 1 aliphatic rings. The lowest BCUT2D eigenvalue weighted by atomic mass is 9.95. The molecule has 1 saturated carbocycles. The van der Waals surface area contributed by atoms with Gasteiger partial charge in [-0.2, -0.15) is 0 Å². The Labute approximate surface area is 91.1 Å². The monoisotopic (exact) mass is 219 g/mol. The molecule has 16 heavy (non-hydrogen) atoms. The van der Waals surface area contributed by atoms with Crippen LogP contribution < -0.4 is 0 Å². The summed E-state index contributed by atoms with van der Waals surface area (Å²) in [6.07, 6.45) is -0.0837. The predicted octanol–water partition coefficient (Wildman–Crippen LogP) is -0.445. The Morgan fingerprint density at radius 1 is 1.25 bits per heavy atom. The van der Waals surface area contributed by atoms with Crippen molar-refractivity contribution in [3.8, 4) is 0 Å². The summed E-state index contributed by atoms with van der Waals surface area (Å²) in [7, 11) is 0. The highest BCUT2D eigenvalue weighted by molar-refractivity contribution is 6.69. The number of aliphatic hydroxyl groups is 1. The van der Waals surface area contributed by atoms with Crippen molar-refractivity contribution >= 4 is 17.3 Å². The first-order valence-electron chi connectivity index (χ1n) is 4.75. The van der Waals surface area contributed by atoms with Crippen LogP contribution in [-0.4, -0.2) is 33.5 Å². The smallest absolute Gasteiger partial charge is 0.267 e. The maximum Gasteiger partial charge on any atom is 0.267 e. The van der Waals surface area contributed by atoms with Crippen molar-refractivity contribution in [3.05, 3.63) is 29.6 Å². The van der Waals surface area contributed by atoms with Gasteiger partial charge < -0.3 is 5.11 Å². The summed E-state index contributed by atoms with van der Waals surface area (Å²) in [5.41, 5.74) is 1.11. The van der Waals surface area contributed by atoms with Gasteiger partial charge >= 0.3 is 0 Å². The van der Waals surface area contributed by atoms with E-state index in [-0.39, 0.29) is 0 Å². The second-order valence-electron chi connectivity index (χ2n) is 3.71. The third-order valence-electron chi connectivity index (χ3n) is 2.59. The minimum Gasteiger partial charge on any atom is -0.384 e. The van der Waals surface area contributed by atoms with E-state index < -0.39 is 29.4 Å². The van der Waals surface area contributed by atoms with Crippen molar-refractivity contribution in [1.82, 2.24) is 4.98 Å². The van der Waals surface area contributed by atoms with Gasteiger partial charge in [-0.3, -0.25) is 19.4 Å². The van der Waals surface area contributed by atoms with Crippen LogP contribution >= 0.6 is 0 Å². The summed E-state index contributed by atoms with van der Waals surface area (Å²) in [5.74, 6) is -4.05. The van der Waals surface area contributed by atoms with Gasteiger partial charge in [-0.15, -0.1) is 0 Å². The molecule has 2 unspecified atom stereocenters. The van der Waals surface area contributed by atoms with Crippen LogP contribution in [0.25, 0.3) is 0 Å². The van der Waals surface area contributed by atoms with E-state index in [1.807, 2.05) is 0 Å². The SMILES string of the molecule is Cc1cc(C2C(=O)C(=O)C(=O)C2O)ccn1. The Morgan fingerprint density at radius 3 is 2.44 bits per heavy atom. The van der Waals surface area contributed by atoms with Gasteiger partial charge in [0.15, 0.2) is 0 Å². The molecule has 2 atom stereocenters. The van der Waals surface area contributed by atoms with Crippen molar-refractivity contribution in [2.75, 3.05) is 0 Å². The summed E-state index contributed by atoms with van der Waals surface area (Å²) >= 11 is 0. The normalized spacial score (nSPS) is 25.2. The fourth-order valence-electron chi connectivity index (χ4n) is 1.79. The Kier molecular flexibility index (Phi) is 2.40. The van der Waals surface area contributed by atoms with Gasteiger partial charge in [0.05, 0.1) is 5.92 Å². The molecule has 0 saturated heterocycles. The van der Waals surface area contributed by atoms with Crippen LogP contribution in [-0.2, 0) is 14.4 Å². The lowest BCUT2D eigenvalue weighted by molar-refractivity contribution is -0.141. The molecule has 1 aliphatic carbocycles. The molecular formula is C11H9NO4. The maximum atomic E-state index is 11.5. The summed E-state index contributed by atoms with van der Waals surface area (Å²) in [6.45, 7) is 1.72. The van der Waals surface area contributed by atoms with Gasteiger partial charge in [0.1, 0.15) is 6.10 Å². The zero-order chi connectivity index (χ0) is 11.9. The standard InChI is InChI=1S/C11H9NO4/c1-5-4-6(2-3-12-5)7-8(13)10(15)11(16)9(7)14/h2-4,7-8,13H,1H3. The highest BCUT2D eigenvalue weighted by atomic mass is 16.3. The van der Waals surface area contributed by atoms with E-state index in [9.17, 15) is 19.5 Å². The molecule has 82 valence electrons. The van der Waals surface area contributed by atoms with E-state index >= 15 is 0 Å². The number of rotatable bonds is 1. The predicted molar refractivity (Wildman–Crippen MR) is 52.7 cm³/mol. The molecule has 2 rings (SSSR count). The molecule has 0 spiro atoms. The number of Topliss-reactive ketones (excluding diaryl/α,β-unsaturated/α-hetero) is 3. The molecule has 1 aromatic heterocycles. The Balaban J connectivity index is 2.46. The van der Waals surface area contributed by atoms with Crippen LogP contribution in [0.1, 0.15) is 17.2 Å². The molecule has 0 amide bonds. The molecule has 0 bridgehead atoms. The van der Waals surface area contributed by atoms with Crippen LogP contribution in [0.2, 0.25) is 0 Å². The van der Waals surface area contributed by atoms with Crippen LogP contribution in [0.4, 0.5) is 0 Å². The molecule has 0 aromatic carbocycles. The summed E-state index contributed by atoms with van der Waals surface area (Å²) in [4.78, 5) is 37.7. The molecule has 1 heterocycles. The molecule has 5 heteroatoms. The highest BCUT2D eigenvalue weighted by Crippen LogP contribution is 2.27. The second kappa shape index (κ2) is 3.61. The largest absolute Gasteiger partial charge is 0.384 e. The third-order valence-corrected chi connectivity index (χ3v) is 2.59. The average molecular weight is 219 g/mol. The van der Waals surface area contributed by atoms with Crippen molar-refractivity contribution in [2.45, 2.75) is 18.9 Å². The first-order chi connectivity index (χ1) is 7.52. The number of aryl methyl sites for hydroxylation is 1. The van der Waals surface area contributed by atoms with E-state index in [4.69, 9.17) is 0 Å². The lowest BCUT2D eigenvalue weighted by Crippen LogP contribution is -2.21. The Hall–Kier alpha value is -1.88. The number of hydrogen-bond donors (Lipinski definition) is 1. The second-order valence-corrected chi connectivity index (χ2v) is 3.71. The summed E-state index contributed by atoms with van der Waals surface area (Å²) in [6, 6.07) is 3.10. The summed E-state index contributed by atoms with van der Waals surface area (Å²) in [5, 5.41) is 9.53. The van der Waals surface area contributed by atoms with E-state index in [1.54, 1.807) is 13.0 Å². The fourth-order valence-corrected chi connectivity index (χ4v) is 1.79. The molecule has 0 aliphatic heterocycles. The molecule has 5 nitrogen and oxygen atoms in total. The van der Waals surface area contributed by atoms with Gasteiger partial charge in [0, 0.05) is 11.9 Å². The van der Waals surface area contributed by atoms with E-state index in [0.717, 1.165) is 0 Å². The van der Waals surface area contributed by atoms with Gasteiger partial charge in [-0.25, -0.2) is 0 Å². The number of carbonyl (C=O) groups excluding carboxylic acids is 3. The first-order valence-corrected chi connectivity index (χ1v) is 4.75. The molecule has 1 aromatic rings. The number of aromatic nitrogens is 1. The average Bonchev–Trinajstić information content (AvgIpc) is 2.44. The highest BCUT2D eigenvalue weighted by Gasteiger charge is 2.48. The van der Waals surface area contributed by atoms with Crippen LogP contribution in [0.15, 0.2) is 18.3 Å². The zero-order valence-corrected chi connectivity index (χ0v) is 8.51. The summed E-state index contributed by atoms with van der Waals surface area (Å²) < 4.78 is 0. The van der Waals surface area contributed by atoms with Crippen molar-refractivity contribution < 1.29 is 19.5 Å². The third kappa shape index (κ3) is 1.45. The maximum absolute atomic E-state index is 11.5. The minimum absolute atomic E-state index is 0.448. The van der Waals surface area contributed by atoms with Gasteiger partial charge in [-0.1, -0.05) is 0 Å². The van der Waals surface area contributed by atoms with E-state index in [2.05, 4.69) is 4.98 Å². The lowest BCUT2D eigenvalue weighted by Gasteiger charge is -2.11. The number of ketones is 3. The number of hydrogen-bond acceptors (Lipinski definition) is 5. The zero-order valence-electron chi connectivity index (χ0n) is 8.51. The molecule has 1 fully saturated rings. The van der Waals surface area contributed by atoms with Crippen molar-refractivity contribution in [3.63, 3.8) is 0 Å². The van der Waals surface area contributed by atoms with Crippen LogP contribution in [0, 0.1) is 6.92 Å². The number of aliphatic hydroxyl groups excluding tert-OH is 1. The van der Waals surface area contributed by atoms with Crippen molar-refractivity contribution in [1.29, 1.82) is 0 Å². The van der Waals surface area contributed by atoms with Crippen LogP contribution in [0.5, 0.6) is 0 Å². The Bertz CT molecular complexity index is 495. The molecule has 1 N–H and O–H groups in total. The van der Waals surface area contributed by atoms with E-state index in [0.29, 0.717) is 11.3 Å². The quantitative estimate of drug-likeness (QED) is 0.647. The first kappa shape index (κ1) is 10.6. The number of nitrogens with zero attached hydrogens (tertiary/aromatic N) is 1. The molecule has 0 radical (unpaired) electrons. The minimum atomic E-state index is -1.55. The van der Waals surface area contributed by atoms with Gasteiger partial charge in [0.2, 0.25) is 11.6 Å². The topological polar surface area (TPSA) is 84.3 Å². The molecular weight excluding hydrogens is 210 g/mol. The van der Waals surface area contributed by atoms with Crippen molar-refractivity contribution in [2.24, 2.45) is 0 Å². The Morgan fingerprint density at radius 2 is 1.94 bits per heavy atom. The van der Waals surface area contributed by atoms with Crippen LogP contribution in [0.3, 0.4) is 0 Å². The van der Waals surface area contributed by atoms with Gasteiger partial charge in [-0.05, 0) is 24.6 Å². The number of pyridine rings is 1. The van der Waals surface area contributed by atoms with Gasteiger partial charge in [0.25, 0.3) is 5.78 Å².